The van der Waals surface area contributed by atoms with Crippen molar-refractivity contribution in [2.75, 3.05) is 6.54 Å². The highest BCUT2D eigenvalue weighted by Gasteiger charge is 2.61. The van der Waals surface area contributed by atoms with Crippen molar-refractivity contribution in [1.82, 2.24) is 15.5 Å². The van der Waals surface area contributed by atoms with Gasteiger partial charge in [-0.25, -0.2) is 13.6 Å². The topological polar surface area (TPSA) is 148 Å². The van der Waals surface area contributed by atoms with Gasteiger partial charge in [-0.05, 0) is 75.5 Å². The molecular weight excluding hydrogens is 538 g/mol. The average Bonchev–Trinajstić information content (AvgIpc) is 3.59. The molecule has 1 heterocycles. The van der Waals surface area contributed by atoms with Crippen LogP contribution in [0.2, 0.25) is 0 Å². The van der Waals surface area contributed by atoms with Crippen LogP contribution in [-0.2, 0) is 23.9 Å². The molecule has 4 fully saturated rings. The minimum absolute atomic E-state index is 0.00575. The second-order valence-electron chi connectivity index (χ2n) is 14.2. The number of carbonyl (C=O) groups excluding carboxylic acids is 5. The molecule has 1 saturated heterocycles. The Kier molecular flexibility index (Phi) is 8.46. The maximum atomic E-state index is 14.2. The Bertz CT molecular complexity index is 1080. The van der Waals surface area contributed by atoms with Crippen LogP contribution in [-0.4, -0.2) is 70.7 Å². The largest absolute Gasteiger partial charge is 0.444 e. The molecule has 0 spiro atoms. The number of nitrogens with two attached hydrogens (primary N) is 1. The lowest BCUT2D eigenvalue weighted by Gasteiger charge is -2.48. The molecular formula is C29H44F2N4O6. The van der Waals surface area contributed by atoms with Crippen LogP contribution in [0.5, 0.6) is 0 Å². The van der Waals surface area contributed by atoms with Gasteiger partial charge in [0.2, 0.25) is 23.5 Å². The van der Waals surface area contributed by atoms with Crippen molar-refractivity contribution in [1.29, 1.82) is 0 Å². The summed E-state index contributed by atoms with van der Waals surface area (Å²) in [4.78, 5) is 66.5. The summed E-state index contributed by atoms with van der Waals surface area (Å²) in [6.07, 6.45) is 1.15. The van der Waals surface area contributed by atoms with Crippen molar-refractivity contribution < 1.29 is 37.5 Å². The number of nitrogens with one attached hydrogen (secondary N) is 2. The van der Waals surface area contributed by atoms with E-state index in [2.05, 4.69) is 24.5 Å². The summed E-state index contributed by atoms with van der Waals surface area (Å²) >= 11 is 0. The summed E-state index contributed by atoms with van der Waals surface area (Å²) < 4.78 is 33.4. The SMILES string of the molecule is CC(C)(C)OC(=O)N[C@H](C(=O)N1C[C@H]2C(CC2(C)C)[C@H]1C(=O)NC(CC1CC1)C(=O)C(N)=O)C1CCC(F)(F)CC1. The van der Waals surface area contributed by atoms with Crippen molar-refractivity contribution in [3.05, 3.63) is 0 Å². The fourth-order valence-corrected chi connectivity index (χ4v) is 6.89. The maximum Gasteiger partial charge on any atom is 0.408 e. The second-order valence-corrected chi connectivity index (χ2v) is 14.2. The molecule has 3 aliphatic carbocycles. The minimum Gasteiger partial charge on any atom is -0.444 e. The molecule has 10 nitrogen and oxygen atoms in total. The molecule has 0 bridgehead atoms. The molecule has 0 aromatic heterocycles. The van der Waals surface area contributed by atoms with Crippen LogP contribution in [0.3, 0.4) is 0 Å². The first-order valence-corrected chi connectivity index (χ1v) is 14.7. The summed E-state index contributed by atoms with van der Waals surface area (Å²) in [5.41, 5.74) is 4.27. The Hall–Kier alpha value is -2.79. The van der Waals surface area contributed by atoms with Gasteiger partial charge < -0.3 is 26.0 Å². The van der Waals surface area contributed by atoms with Gasteiger partial charge in [0, 0.05) is 19.4 Å². The van der Waals surface area contributed by atoms with Crippen molar-refractivity contribution >= 4 is 29.6 Å². The van der Waals surface area contributed by atoms with Crippen molar-refractivity contribution in [2.45, 2.75) is 116 Å². The molecule has 0 radical (unpaired) electrons. The van der Waals surface area contributed by atoms with Gasteiger partial charge in [-0.15, -0.1) is 0 Å². The second kappa shape index (κ2) is 11.1. The number of halogens is 2. The number of hydrogen-bond acceptors (Lipinski definition) is 6. The lowest BCUT2D eigenvalue weighted by molar-refractivity contribution is -0.144. The smallest absolute Gasteiger partial charge is 0.408 e. The van der Waals surface area contributed by atoms with E-state index in [-0.39, 0.29) is 42.6 Å². The maximum absolute atomic E-state index is 14.2. The van der Waals surface area contributed by atoms with E-state index >= 15 is 0 Å². The van der Waals surface area contributed by atoms with E-state index in [1.807, 2.05) is 0 Å². The van der Waals surface area contributed by atoms with Gasteiger partial charge in [0.05, 0.1) is 6.04 Å². The van der Waals surface area contributed by atoms with E-state index < -0.39 is 78.0 Å². The molecule has 4 aliphatic rings. The number of ether oxygens (including phenoxy) is 1. The first-order chi connectivity index (χ1) is 18.9. The van der Waals surface area contributed by atoms with Gasteiger partial charge in [-0.3, -0.25) is 19.2 Å². The third-order valence-electron chi connectivity index (χ3n) is 9.28. The Morgan fingerprint density at radius 1 is 1.02 bits per heavy atom. The van der Waals surface area contributed by atoms with Crippen LogP contribution in [0.4, 0.5) is 13.6 Å². The number of nitrogens with zero attached hydrogens (tertiary/aromatic N) is 1. The fourth-order valence-electron chi connectivity index (χ4n) is 6.89. The summed E-state index contributed by atoms with van der Waals surface area (Å²) in [5, 5.41) is 5.36. The lowest BCUT2D eigenvalue weighted by atomic mass is 9.55. The number of fused-ring (bicyclic) bond motifs is 1. The highest BCUT2D eigenvalue weighted by molar-refractivity contribution is 6.37. The summed E-state index contributed by atoms with van der Waals surface area (Å²) in [6, 6.07) is -3.17. The standard InChI is InChI=1S/C29H44F2N4O6/c1-27(2,3)41-26(40)34-20(16-8-10-29(30,31)11-9-16)25(39)35-14-18-17(13-28(18,4)5)21(35)24(38)33-19(12-15-6-7-15)22(36)23(32)37/h15-21H,6-14H2,1-5H3,(H2,32,37)(H,33,38)(H,34,40)/t17?,18-,19?,20-,21-/m0/s1. The predicted molar refractivity (Wildman–Crippen MR) is 144 cm³/mol. The summed E-state index contributed by atoms with van der Waals surface area (Å²) in [5.74, 6) is -6.46. The van der Waals surface area contributed by atoms with Crippen molar-refractivity contribution in [2.24, 2.45) is 34.8 Å². The van der Waals surface area contributed by atoms with Crippen molar-refractivity contribution in [3.8, 4) is 0 Å². The number of alkyl halides is 2. The number of carbonyl (C=O) groups is 5. The molecule has 1 aliphatic heterocycles. The molecule has 2 unspecified atom stereocenters. The molecule has 41 heavy (non-hydrogen) atoms. The monoisotopic (exact) mass is 582 g/mol. The molecule has 0 aromatic rings. The number of Topliss-reactive ketones (excluding diaryl/α,β-unsaturated/α-hetero) is 1. The number of likely N-dealkylation sites (tertiary alicyclic amines) is 1. The Morgan fingerprint density at radius 2 is 1.63 bits per heavy atom. The van der Waals surface area contributed by atoms with Crippen LogP contribution >= 0.6 is 0 Å². The molecule has 4 amide bonds. The molecule has 0 aromatic carbocycles. The Morgan fingerprint density at radius 3 is 2.15 bits per heavy atom. The number of alkyl carbamates (subject to hydrolysis) is 1. The Balaban J connectivity index is 1.59. The van der Waals surface area contributed by atoms with Gasteiger partial charge >= 0.3 is 6.09 Å². The molecule has 4 N–H and O–H groups in total. The molecule has 3 saturated carbocycles. The number of primary amides is 1. The van der Waals surface area contributed by atoms with Gasteiger partial charge in [0.1, 0.15) is 17.7 Å². The van der Waals surface area contributed by atoms with E-state index in [9.17, 15) is 32.8 Å². The van der Waals surface area contributed by atoms with Gasteiger partial charge in [0.25, 0.3) is 5.91 Å². The zero-order valence-corrected chi connectivity index (χ0v) is 24.6. The van der Waals surface area contributed by atoms with Crippen LogP contribution in [0, 0.1) is 29.1 Å². The number of ketones is 1. The third-order valence-corrected chi connectivity index (χ3v) is 9.28. The normalized spacial score (nSPS) is 28.5. The molecule has 230 valence electrons. The van der Waals surface area contributed by atoms with Crippen LogP contribution in [0.15, 0.2) is 0 Å². The number of amides is 4. The van der Waals surface area contributed by atoms with Gasteiger partial charge in [-0.1, -0.05) is 26.7 Å². The fraction of sp³-hybridized carbons (Fsp3) is 0.828. The van der Waals surface area contributed by atoms with E-state index in [1.165, 1.54) is 4.90 Å². The van der Waals surface area contributed by atoms with E-state index in [0.29, 0.717) is 12.8 Å². The molecule has 5 atom stereocenters. The predicted octanol–water partition coefficient (Wildman–Crippen LogP) is 2.92. The number of hydrogen-bond donors (Lipinski definition) is 3. The van der Waals surface area contributed by atoms with Crippen LogP contribution < -0.4 is 16.4 Å². The van der Waals surface area contributed by atoms with Gasteiger partial charge in [-0.2, -0.15) is 0 Å². The highest BCUT2D eigenvalue weighted by atomic mass is 19.3. The van der Waals surface area contributed by atoms with Crippen LogP contribution in [0.1, 0.15) is 86.0 Å². The van der Waals surface area contributed by atoms with Crippen LogP contribution in [0.25, 0.3) is 0 Å². The lowest BCUT2D eigenvalue weighted by Crippen LogP contribution is -2.59. The minimum atomic E-state index is -2.83. The highest BCUT2D eigenvalue weighted by Crippen LogP contribution is 2.57. The number of rotatable bonds is 9. The van der Waals surface area contributed by atoms with E-state index in [0.717, 1.165) is 12.8 Å². The first kappa shape index (κ1) is 31.2. The average molecular weight is 583 g/mol. The zero-order valence-electron chi connectivity index (χ0n) is 24.6. The molecule has 4 rings (SSSR count). The summed E-state index contributed by atoms with van der Waals surface area (Å²) in [6.45, 7) is 9.40. The van der Waals surface area contributed by atoms with E-state index in [1.54, 1.807) is 20.8 Å². The first-order valence-electron chi connectivity index (χ1n) is 14.7. The molecule has 12 heteroatoms. The Labute approximate surface area is 239 Å². The quantitative estimate of drug-likeness (QED) is 0.356. The van der Waals surface area contributed by atoms with Crippen molar-refractivity contribution in [3.63, 3.8) is 0 Å². The third kappa shape index (κ3) is 7.17. The van der Waals surface area contributed by atoms with Gasteiger partial charge in [0.15, 0.2) is 0 Å². The zero-order chi connectivity index (χ0) is 30.5. The van der Waals surface area contributed by atoms with E-state index in [4.69, 9.17) is 10.5 Å². The summed E-state index contributed by atoms with van der Waals surface area (Å²) in [7, 11) is 0.